The second kappa shape index (κ2) is 8.29. The first kappa shape index (κ1) is 18.3. The van der Waals surface area contributed by atoms with Crippen LogP contribution in [0, 0.1) is 0 Å². The molecule has 1 heterocycles. The van der Waals surface area contributed by atoms with E-state index in [1.165, 1.54) is 19.3 Å². The number of para-hydroxylation sites is 1. The minimum absolute atomic E-state index is 0.138. The summed E-state index contributed by atoms with van der Waals surface area (Å²) in [5, 5.41) is 8.93. The van der Waals surface area contributed by atoms with Crippen LogP contribution in [-0.2, 0) is 4.79 Å². The molecule has 0 aliphatic rings. The quantitative estimate of drug-likeness (QED) is 0.618. The third-order valence-electron chi connectivity index (χ3n) is 3.50. The molecule has 0 radical (unpaired) electrons. The number of hydrogen-bond acceptors (Lipinski definition) is 5. The molecule has 3 aromatic rings. The lowest BCUT2D eigenvalue weighted by atomic mass is 10.2. The van der Waals surface area contributed by atoms with Crippen LogP contribution in [0.3, 0.4) is 0 Å². The highest BCUT2D eigenvalue weighted by Gasteiger charge is 2.11. The molecule has 0 bridgehead atoms. The summed E-state index contributed by atoms with van der Waals surface area (Å²) in [7, 11) is 0. The van der Waals surface area contributed by atoms with Gasteiger partial charge in [-0.25, -0.2) is 9.97 Å². The van der Waals surface area contributed by atoms with E-state index in [9.17, 15) is 9.59 Å². The minimum atomic E-state index is -0.394. The Bertz CT molecular complexity index is 976. The van der Waals surface area contributed by atoms with E-state index < -0.39 is 5.91 Å². The number of anilines is 4. The molecule has 7 nitrogen and oxygen atoms in total. The van der Waals surface area contributed by atoms with Crippen LogP contribution in [0.15, 0.2) is 60.9 Å². The maximum Gasteiger partial charge on any atom is 0.274 e. The second-order valence-corrected chi connectivity index (χ2v) is 6.01. The monoisotopic (exact) mass is 381 g/mol. The Balaban J connectivity index is 1.70. The van der Waals surface area contributed by atoms with Gasteiger partial charge in [0.25, 0.3) is 5.91 Å². The molecule has 0 unspecified atom stereocenters. The Kier molecular flexibility index (Phi) is 5.63. The van der Waals surface area contributed by atoms with Crippen molar-refractivity contribution in [2.45, 2.75) is 6.92 Å². The van der Waals surface area contributed by atoms with Crippen molar-refractivity contribution in [2.24, 2.45) is 0 Å². The van der Waals surface area contributed by atoms with Crippen LogP contribution in [0.4, 0.5) is 22.9 Å². The normalized spacial score (nSPS) is 10.1. The van der Waals surface area contributed by atoms with Crippen LogP contribution >= 0.6 is 11.6 Å². The number of halogens is 1. The predicted molar refractivity (Wildman–Crippen MR) is 105 cm³/mol. The molecule has 1 aromatic heterocycles. The zero-order chi connectivity index (χ0) is 19.2. The molecule has 8 heteroatoms. The van der Waals surface area contributed by atoms with Gasteiger partial charge in [-0.1, -0.05) is 23.7 Å². The molecule has 0 saturated heterocycles. The van der Waals surface area contributed by atoms with Crippen LogP contribution in [0.5, 0.6) is 0 Å². The molecule has 2 aromatic carbocycles. The van der Waals surface area contributed by atoms with Gasteiger partial charge in [0.2, 0.25) is 5.91 Å². The van der Waals surface area contributed by atoms with Gasteiger partial charge in [0, 0.05) is 24.4 Å². The molecule has 0 saturated carbocycles. The summed E-state index contributed by atoms with van der Waals surface area (Å²) in [6.45, 7) is 1.45. The van der Waals surface area contributed by atoms with Gasteiger partial charge in [-0.3, -0.25) is 9.59 Å². The lowest BCUT2D eigenvalue weighted by Gasteiger charge is -2.09. The van der Waals surface area contributed by atoms with Gasteiger partial charge in [-0.15, -0.1) is 0 Å². The summed E-state index contributed by atoms with van der Waals surface area (Å²) in [6, 6.07) is 15.6. The number of nitrogens with zero attached hydrogens (tertiary/aromatic N) is 2. The standard InChI is InChI=1S/C19H16ClN5O2/c1-12(26)23-13-6-8-14(9-7-13)24-18-10-17(21-11-22-18)19(27)25-16-5-3-2-4-15(16)20/h2-11H,1H3,(H,23,26)(H,25,27)(H,21,22,24). The van der Waals surface area contributed by atoms with E-state index in [4.69, 9.17) is 11.6 Å². The van der Waals surface area contributed by atoms with Gasteiger partial charge in [0.1, 0.15) is 17.8 Å². The van der Waals surface area contributed by atoms with Crippen molar-refractivity contribution in [1.29, 1.82) is 0 Å². The Morgan fingerprint density at radius 3 is 2.33 bits per heavy atom. The lowest BCUT2D eigenvalue weighted by Crippen LogP contribution is -2.14. The van der Waals surface area contributed by atoms with Gasteiger partial charge in [0.15, 0.2) is 0 Å². The van der Waals surface area contributed by atoms with Crippen LogP contribution in [0.1, 0.15) is 17.4 Å². The van der Waals surface area contributed by atoms with E-state index in [-0.39, 0.29) is 11.6 Å². The van der Waals surface area contributed by atoms with Gasteiger partial charge in [-0.2, -0.15) is 0 Å². The maximum atomic E-state index is 12.4. The highest BCUT2D eigenvalue weighted by molar-refractivity contribution is 6.33. The zero-order valence-electron chi connectivity index (χ0n) is 14.4. The Hall–Kier alpha value is -3.45. The summed E-state index contributed by atoms with van der Waals surface area (Å²) in [4.78, 5) is 31.6. The number of benzene rings is 2. The van der Waals surface area contributed by atoms with Crippen molar-refractivity contribution in [3.8, 4) is 0 Å². The zero-order valence-corrected chi connectivity index (χ0v) is 15.1. The number of aromatic nitrogens is 2. The van der Waals surface area contributed by atoms with Crippen LogP contribution in [0.25, 0.3) is 0 Å². The predicted octanol–water partition coefficient (Wildman–Crippen LogP) is 4.08. The molecule has 0 aliphatic heterocycles. The van der Waals surface area contributed by atoms with Crippen LogP contribution < -0.4 is 16.0 Å². The summed E-state index contributed by atoms with van der Waals surface area (Å²) in [5.74, 6) is -0.0724. The smallest absolute Gasteiger partial charge is 0.274 e. The highest BCUT2D eigenvalue weighted by Crippen LogP contribution is 2.22. The second-order valence-electron chi connectivity index (χ2n) is 5.61. The number of amides is 2. The van der Waals surface area contributed by atoms with E-state index >= 15 is 0 Å². The van der Waals surface area contributed by atoms with Crippen molar-refractivity contribution < 1.29 is 9.59 Å². The van der Waals surface area contributed by atoms with E-state index in [0.717, 1.165) is 5.69 Å². The maximum absolute atomic E-state index is 12.4. The van der Waals surface area contributed by atoms with Crippen molar-refractivity contribution in [3.63, 3.8) is 0 Å². The van der Waals surface area contributed by atoms with E-state index in [1.807, 2.05) is 0 Å². The molecular weight excluding hydrogens is 366 g/mol. The number of rotatable bonds is 5. The summed E-state index contributed by atoms with van der Waals surface area (Å²) >= 11 is 6.05. The van der Waals surface area contributed by atoms with Gasteiger partial charge >= 0.3 is 0 Å². The van der Waals surface area contributed by atoms with E-state index in [0.29, 0.717) is 22.2 Å². The molecule has 3 rings (SSSR count). The number of hydrogen-bond donors (Lipinski definition) is 3. The van der Waals surface area contributed by atoms with Gasteiger partial charge < -0.3 is 16.0 Å². The SMILES string of the molecule is CC(=O)Nc1ccc(Nc2cc(C(=O)Nc3ccccc3Cl)ncn2)cc1. The number of nitrogens with one attached hydrogen (secondary N) is 3. The molecule has 0 spiro atoms. The third-order valence-corrected chi connectivity index (χ3v) is 3.83. The first-order valence-corrected chi connectivity index (χ1v) is 8.41. The Labute approximate surface area is 160 Å². The van der Waals surface area contributed by atoms with E-state index in [1.54, 1.807) is 48.5 Å². The molecule has 0 aliphatic carbocycles. The average molecular weight is 382 g/mol. The molecule has 27 heavy (non-hydrogen) atoms. The highest BCUT2D eigenvalue weighted by atomic mass is 35.5. The van der Waals surface area contributed by atoms with Crippen molar-refractivity contribution >= 4 is 46.3 Å². The molecule has 2 amide bonds. The van der Waals surface area contributed by atoms with Crippen LogP contribution in [0.2, 0.25) is 5.02 Å². The van der Waals surface area contributed by atoms with E-state index in [2.05, 4.69) is 25.9 Å². The lowest BCUT2D eigenvalue weighted by molar-refractivity contribution is -0.114. The fraction of sp³-hybridized carbons (Fsp3) is 0.0526. The fourth-order valence-electron chi connectivity index (χ4n) is 2.29. The first-order valence-electron chi connectivity index (χ1n) is 8.04. The largest absolute Gasteiger partial charge is 0.340 e. The molecule has 0 atom stereocenters. The first-order chi connectivity index (χ1) is 13.0. The topological polar surface area (TPSA) is 96.0 Å². The Morgan fingerprint density at radius 2 is 1.63 bits per heavy atom. The van der Waals surface area contributed by atoms with Gasteiger partial charge in [0.05, 0.1) is 10.7 Å². The van der Waals surface area contributed by atoms with Crippen molar-refractivity contribution in [3.05, 3.63) is 71.6 Å². The number of carbonyl (C=O) groups excluding carboxylic acids is 2. The minimum Gasteiger partial charge on any atom is -0.340 e. The fourth-order valence-corrected chi connectivity index (χ4v) is 2.47. The summed E-state index contributed by atoms with van der Waals surface area (Å²) in [6.07, 6.45) is 1.30. The van der Waals surface area contributed by atoms with Crippen molar-refractivity contribution in [1.82, 2.24) is 9.97 Å². The molecular formula is C19H16ClN5O2. The average Bonchev–Trinajstić information content (AvgIpc) is 2.65. The number of carbonyl (C=O) groups is 2. The van der Waals surface area contributed by atoms with Crippen molar-refractivity contribution in [2.75, 3.05) is 16.0 Å². The third kappa shape index (κ3) is 5.02. The summed E-state index contributed by atoms with van der Waals surface area (Å²) in [5.41, 5.74) is 2.14. The molecule has 136 valence electrons. The van der Waals surface area contributed by atoms with Crippen LogP contribution in [-0.4, -0.2) is 21.8 Å². The Morgan fingerprint density at radius 1 is 0.926 bits per heavy atom. The molecule has 0 fully saturated rings. The molecule has 3 N–H and O–H groups in total. The summed E-state index contributed by atoms with van der Waals surface area (Å²) < 4.78 is 0. The van der Waals surface area contributed by atoms with Gasteiger partial charge in [-0.05, 0) is 36.4 Å².